The zero-order chi connectivity index (χ0) is 28.7. The van der Waals surface area contributed by atoms with Crippen LogP contribution >= 0.6 is 15.9 Å². The van der Waals surface area contributed by atoms with E-state index >= 15 is 0 Å². The third kappa shape index (κ3) is 8.17. The lowest BCUT2D eigenvalue weighted by atomic mass is 9.87. The molecule has 4 rings (SSSR count). The Bertz CT molecular complexity index is 1290. The van der Waals surface area contributed by atoms with E-state index in [2.05, 4.69) is 42.0 Å². The Labute approximate surface area is 245 Å². The van der Waals surface area contributed by atoms with E-state index < -0.39 is 6.04 Å². The lowest BCUT2D eigenvalue weighted by Gasteiger charge is -2.32. The summed E-state index contributed by atoms with van der Waals surface area (Å²) < 4.78 is 20.4. The lowest BCUT2D eigenvalue weighted by Crippen LogP contribution is -2.53. The van der Waals surface area contributed by atoms with Crippen LogP contribution in [0.5, 0.6) is 5.75 Å². The standard InChI is InChI=1S/C33H38BrFN2O3/c1-33(2,3)25-15-18-30(28(34)20-25)40-22-31(38)37(21-24-13-16-26(35)17-14-24)29(19-23-9-5-4-6-10-23)32(39)36-27-11-7-8-12-27/h4-6,9-10,13-18,20,27,29H,7-8,11-12,19,21-22H2,1-3H3,(H,36,39). The van der Waals surface area contributed by atoms with Gasteiger partial charge in [-0.3, -0.25) is 9.59 Å². The van der Waals surface area contributed by atoms with E-state index in [-0.39, 0.29) is 42.2 Å². The Morgan fingerprint density at radius 2 is 1.68 bits per heavy atom. The van der Waals surface area contributed by atoms with Gasteiger partial charge in [0.05, 0.1) is 4.47 Å². The van der Waals surface area contributed by atoms with Gasteiger partial charge in [0.25, 0.3) is 5.91 Å². The predicted octanol–water partition coefficient (Wildman–Crippen LogP) is 6.96. The quantitative estimate of drug-likeness (QED) is 0.270. The molecule has 0 radical (unpaired) electrons. The summed E-state index contributed by atoms with van der Waals surface area (Å²) in [4.78, 5) is 29.1. The van der Waals surface area contributed by atoms with Crippen LogP contribution in [0.4, 0.5) is 4.39 Å². The Morgan fingerprint density at radius 3 is 2.30 bits per heavy atom. The van der Waals surface area contributed by atoms with Crippen LogP contribution < -0.4 is 10.1 Å². The van der Waals surface area contributed by atoms with Crippen molar-refractivity contribution in [1.29, 1.82) is 0 Å². The number of hydrogen-bond donors (Lipinski definition) is 1. The summed E-state index contributed by atoms with van der Waals surface area (Å²) in [6, 6.07) is 20.9. The third-order valence-electron chi connectivity index (χ3n) is 7.39. The molecule has 3 aromatic carbocycles. The molecule has 0 saturated heterocycles. The maximum atomic E-state index is 13.8. The highest BCUT2D eigenvalue weighted by molar-refractivity contribution is 9.10. The number of rotatable bonds is 10. The van der Waals surface area contributed by atoms with Gasteiger partial charge in [-0.15, -0.1) is 0 Å². The second kappa shape index (κ2) is 13.4. The minimum atomic E-state index is -0.754. The Hall–Kier alpha value is -3.19. The van der Waals surface area contributed by atoms with Crippen LogP contribution in [0, 0.1) is 5.82 Å². The number of carbonyl (C=O) groups is 2. The first kappa shape index (κ1) is 29.8. The molecule has 212 valence electrons. The van der Waals surface area contributed by atoms with Crippen LogP contribution in [-0.2, 0) is 28.0 Å². The third-order valence-corrected chi connectivity index (χ3v) is 8.01. The molecular weight excluding hydrogens is 571 g/mol. The normalized spacial score (nSPS) is 14.5. The molecule has 1 fully saturated rings. The maximum Gasteiger partial charge on any atom is 0.261 e. The number of nitrogens with one attached hydrogen (secondary N) is 1. The van der Waals surface area contributed by atoms with Crippen molar-refractivity contribution in [3.63, 3.8) is 0 Å². The first-order chi connectivity index (χ1) is 19.1. The highest BCUT2D eigenvalue weighted by Gasteiger charge is 2.32. The summed E-state index contributed by atoms with van der Waals surface area (Å²) in [6.07, 6.45) is 4.41. The molecule has 0 aliphatic heterocycles. The maximum absolute atomic E-state index is 13.8. The second-order valence-corrected chi connectivity index (χ2v) is 12.4. The number of ether oxygens (including phenoxy) is 1. The average Bonchev–Trinajstić information content (AvgIpc) is 3.44. The van der Waals surface area contributed by atoms with Crippen molar-refractivity contribution < 1.29 is 18.7 Å². The largest absolute Gasteiger partial charge is 0.483 e. The van der Waals surface area contributed by atoms with Gasteiger partial charge < -0.3 is 15.0 Å². The van der Waals surface area contributed by atoms with Crippen molar-refractivity contribution >= 4 is 27.7 Å². The van der Waals surface area contributed by atoms with Crippen LogP contribution in [-0.4, -0.2) is 35.4 Å². The van der Waals surface area contributed by atoms with Gasteiger partial charge >= 0.3 is 0 Å². The van der Waals surface area contributed by atoms with E-state index in [1.54, 1.807) is 17.0 Å². The van der Waals surface area contributed by atoms with Crippen molar-refractivity contribution in [3.05, 3.63) is 99.8 Å². The fourth-order valence-corrected chi connectivity index (χ4v) is 5.51. The van der Waals surface area contributed by atoms with Crippen molar-refractivity contribution in [1.82, 2.24) is 10.2 Å². The fourth-order valence-electron chi connectivity index (χ4n) is 5.01. The Kier molecular flexibility index (Phi) is 10.0. The number of nitrogens with zero attached hydrogens (tertiary/aromatic N) is 1. The van der Waals surface area contributed by atoms with Crippen LogP contribution in [0.25, 0.3) is 0 Å². The number of benzene rings is 3. The number of hydrogen-bond acceptors (Lipinski definition) is 3. The van der Waals surface area contributed by atoms with Crippen LogP contribution in [0.2, 0.25) is 0 Å². The van der Waals surface area contributed by atoms with Crippen molar-refractivity contribution in [2.75, 3.05) is 6.61 Å². The minimum absolute atomic E-state index is 0.0276. The first-order valence-corrected chi connectivity index (χ1v) is 14.7. The smallest absolute Gasteiger partial charge is 0.261 e. The highest BCUT2D eigenvalue weighted by atomic mass is 79.9. The van der Waals surface area contributed by atoms with Gasteiger partial charge in [0, 0.05) is 19.0 Å². The zero-order valence-corrected chi connectivity index (χ0v) is 25.0. The first-order valence-electron chi connectivity index (χ1n) is 13.9. The molecular formula is C33H38BrFN2O3. The Morgan fingerprint density at radius 1 is 1.00 bits per heavy atom. The molecule has 3 aromatic rings. The summed E-state index contributed by atoms with van der Waals surface area (Å²) in [7, 11) is 0. The van der Waals surface area contributed by atoms with E-state index in [0.717, 1.165) is 46.8 Å². The van der Waals surface area contributed by atoms with Crippen molar-refractivity contribution in [2.24, 2.45) is 0 Å². The van der Waals surface area contributed by atoms with Gasteiger partial charge in [0.2, 0.25) is 5.91 Å². The number of halogens is 2. The molecule has 0 aromatic heterocycles. The highest BCUT2D eigenvalue weighted by Crippen LogP contribution is 2.31. The van der Waals surface area contributed by atoms with Gasteiger partial charge in [-0.05, 0) is 75.1 Å². The fraction of sp³-hybridized carbons (Fsp3) is 0.394. The average molecular weight is 610 g/mol. The molecule has 5 nitrogen and oxygen atoms in total. The monoisotopic (exact) mass is 608 g/mol. The van der Waals surface area contributed by atoms with E-state index in [4.69, 9.17) is 4.74 Å². The molecule has 1 aliphatic carbocycles. The molecule has 40 heavy (non-hydrogen) atoms. The van der Waals surface area contributed by atoms with Crippen molar-refractivity contribution in [2.45, 2.75) is 76.9 Å². The summed E-state index contributed by atoms with van der Waals surface area (Å²) in [6.45, 7) is 6.32. The summed E-state index contributed by atoms with van der Waals surface area (Å²) in [5, 5.41) is 3.19. The van der Waals surface area contributed by atoms with Gasteiger partial charge in [-0.1, -0.05) is 82.1 Å². The SMILES string of the molecule is CC(C)(C)c1ccc(OCC(=O)N(Cc2ccc(F)cc2)C(Cc2ccccc2)C(=O)NC2CCCC2)c(Br)c1. The molecule has 1 unspecified atom stereocenters. The van der Waals surface area contributed by atoms with Gasteiger partial charge in [-0.2, -0.15) is 0 Å². The molecule has 1 saturated carbocycles. The van der Waals surface area contributed by atoms with Crippen molar-refractivity contribution in [3.8, 4) is 5.75 Å². The van der Waals surface area contributed by atoms with Crippen LogP contribution in [0.1, 0.15) is 63.1 Å². The predicted molar refractivity (Wildman–Crippen MR) is 160 cm³/mol. The molecule has 0 heterocycles. The lowest BCUT2D eigenvalue weighted by molar-refractivity contribution is -0.143. The van der Waals surface area contributed by atoms with E-state index in [9.17, 15) is 14.0 Å². The molecule has 0 bridgehead atoms. The molecule has 7 heteroatoms. The Balaban J connectivity index is 1.60. The number of amides is 2. The minimum Gasteiger partial charge on any atom is -0.483 e. The van der Waals surface area contributed by atoms with E-state index in [1.165, 1.54) is 12.1 Å². The van der Waals surface area contributed by atoms with Gasteiger partial charge in [-0.25, -0.2) is 4.39 Å². The number of carbonyl (C=O) groups excluding carboxylic acids is 2. The van der Waals surface area contributed by atoms with Crippen LogP contribution in [0.3, 0.4) is 0 Å². The topological polar surface area (TPSA) is 58.6 Å². The van der Waals surface area contributed by atoms with Gasteiger partial charge in [0.1, 0.15) is 17.6 Å². The molecule has 1 N–H and O–H groups in total. The zero-order valence-electron chi connectivity index (χ0n) is 23.5. The van der Waals surface area contributed by atoms with E-state index in [1.807, 2.05) is 48.5 Å². The second-order valence-electron chi connectivity index (χ2n) is 11.5. The summed E-state index contributed by atoms with van der Waals surface area (Å²) in [5.74, 6) is -0.299. The molecule has 2 amide bonds. The van der Waals surface area contributed by atoms with Gasteiger partial charge in [0.15, 0.2) is 6.61 Å². The summed E-state index contributed by atoms with van der Waals surface area (Å²) >= 11 is 3.58. The molecule has 0 spiro atoms. The van der Waals surface area contributed by atoms with E-state index in [0.29, 0.717) is 12.2 Å². The molecule has 1 atom stereocenters. The summed E-state index contributed by atoms with van der Waals surface area (Å²) in [5.41, 5.74) is 2.80. The van der Waals surface area contributed by atoms with Crippen LogP contribution in [0.15, 0.2) is 77.3 Å². The molecule has 1 aliphatic rings.